The van der Waals surface area contributed by atoms with E-state index in [9.17, 15) is 13.2 Å². The van der Waals surface area contributed by atoms with Gasteiger partial charge in [0.25, 0.3) is 0 Å². The molecule has 8 heteroatoms. The number of carbonyl (C=O) groups excluding carboxylic acids is 1. The summed E-state index contributed by atoms with van der Waals surface area (Å²) in [6, 6.07) is 11.1. The van der Waals surface area contributed by atoms with Crippen LogP contribution in [0.4, 0.5) is 5.69 Å². The van der Waals surface area contributed by atoms with Crippen molar-refractivity contribution in [2.75, 3.05) is 10.6 Å². The number of rotatable bonds is 7. The van der Waals surface area contributed by atoms with Gasteiger partial charge in [-0.25, -0.2) is 8.42 Å². The Bertz CT molecular complexity index is 926. The van der Waals surface area contributed by atoms with Crippen LogP contribution in [0.3, 0.4) is 0 Å². The molecule has 0 aliphatic rings. The standard InChI is InChI=1S/C20H24Cl2N2O3S/c1-5-19(15-8-6-13(2)7-9-15)23-20(25)14(3)24(28(4,26)27)18-11-16(21)10-17(22)12-18/h6-12,14,19H,5H2,1-4H3,(H,23,25)/t14-,19+/m1/s1. The highest BCUT2D eigenvalue weighted by Crippen LogP contribution is 2.29. The van der Waals surface area contributed by atoms with E-state index in [0.717, 1.165) is 21.7 Å². The Morgan fingerprint density at radius 1 is 1.11 bits per heavy atom. The molecular weight excluding hydrogens is 419 g/mol. The van der Waals surface area contributed by atoms with E-state index in [0.29, 0.717) is 6.42 Å². The van der Waals surface area contributed by atoms with Crippen LogP contribution in [0.1, 0.15) is 37.4 Å². The summed E-state index contributed by atoms with van der Waals surface area (Å²) in [7, 11) is -3.75. The fourth-order valence-electron chi connectivity index (χ4n) is 2.99. The fourth-order valence-corrected chi connectivity index (χ4v) is 4.66. The summed E-state index contributed by atoms with van der Waals surface area (Å²) in [4.78, 5) is 12.9. The van der Waals surface area contributed by atoms with E-state index >= 15 is 0 Å². The number of aryl methyl sites for hydroxylation is 1. The largest absolute Gasteiger partial charge is 0.347 e. The van der Waals surface area contributed by atoms with Crippen molar-refractivity contribution >= 4 is 44.8 Å². The zero-order valence-corrected chi connectivity index (χ0v) is 18.6. The third-order valence-corrected chi connectivity index (χ3v) is 6.07. The van der Waals surface area contributed by atoms with E-state index in [1.807, 2.05) is 38.1 Å². The van der Waals surface area contributed by atoms with Gasteiger partial charge < -0.3 is 5.32 Å². The van der Waals surface area contributed by atoms with Crippen LogP contribution in [0.2, 0.25) is 10.0 Å². The first-order chi connectivity index (χ1) is 13.0. The number of hydrogen-bond acceptors (Lipinski definition) is 3. The number of hydrogen-bond donors (Lipinski definition) is 1. The molecule has 152 valence electrons. The van der Waals surface area contributed by atoms with Crippen molar-refractivity contribution in [2.45, 2.75) is 39.3 Å². The van der Waals surface area contributed by atoms with Gasteiger partial charge in [-0.2, -0.15) is 0 Å². The van der Waals surface area contributed by atoms with Crippen LogP contribution >= 0.6 is 23.2 Å². The molecule has 0 radical (unpaired) electrons. The molecule has 0 bridgehead atoms. The molecular formula is C20H24Cl2N2O3S. The molecule has 1 N–H and O–H groups in total. The molecule has 0 saturated carbocycles. The molecule has 0 saturated heterocycles. The quantitative estimate of drug-likeness (QED) is 0.673. The summed E-state index contributed by atoms with van der Waals surface area (Å²) in [6.45, 7) is 5.49. The van der Waals surface area contributed by atoms with Crippen LogP contribution in [0.5, 0.6) is 0 Å². The first-order valence-electron chi connectivity index (χ1n) is 8.85. The Morgan fingerprint density at radius 2 is 1.64 bits per heavy atom. The summed E-state index contributed by atoms with van der Waals surface area (Å²) in [5, 5.41) is 3.52. The molecule has 0 aromatic heterocycles. The molecule has 2 aromatic carbocycles. The third kappa shape index (κ3) is 5.63. The average molecular weight is 443 g/mol. The Balaban J connectivity index is 2.31. The van der Waals surface area contributed by atoms with Crippen molar-refractivity contribution in [3.63, 3.8) is 0 Å². The van der Waals surface area contributed by atoms with E-state index in [2.05, 4.69) is 5.32 Å². The van der Waals surface area contributed by atoms with Crippen LogP contribution in [0, 0.1) is 6.92 Å². The van der Waals surface area contributed by atoms with Crippen LogP contribution in [-0.4, -0.2) is 26.6 Å². The summed E-state index contributed by atoms with van der Waals surface area (Å²) >= 11 is 12.0. The summed E-state index contributed by atoms with van der Waals surface area (Å²) < 4.78 is 25.9. The predicted octanol–water partition coefficient (Wildman–Crippen LogP) is 4.72. The van der Waals surface area contributed by atoms with Crippen molar-refractivity contribution in [1.29, 1.82) is 0 Å². The van der Waals surface area contributed by atoms with Crippen LogP contribution in [-0.2, 0) is 14.8 Å². The molecule has 5 nitrogen and oxygen atoms in total. The molecule has 0 aliphatic carbocycles. The minimum absolute atomic E-state index is 0.222. The molecule has 2 atom stereocenters. The Kier molecular flexibility index (Phi) is 7.37. The van der Waals surface area contributed by atoms with Crippen LogP contribution < -0.4 is 9.62 Å². The summed E-state index contributed by atoms with van der Waals surface area (Å²) in [6.07, 6.45) is 1.71. The lowest BCUT2D eigenvalue weighted by atomic mass is 10.0. The SMILES string of the molecule is CC[C@H](NC(=O)[C@@H](C)N(c1cc(Cl)cc(Cl)c1)S(C)(=O)=O)c1ccc(C)cc1. The highest BCUT2D eigenvalue weighted by molar-refractivity contribution is 7.92. The van der Waals surface area contributed by atoms with Gasteiger partial charge in [0.15, 0.2) is 0 Å². The number of halogens is 2. The topological polar surface area (TPSA) is 66.5 Å². The van der Waals surface area contributed by atoms with Gasteiger partial charge in [-0.1, -0.05) is 60.0 Å². The smallest absolute Gasteiger partial charge is 0.244 e. The highest BCUT2D eigenvalue weighted by atomic mass is 35.5. The third-order valence-electron chi connectivity index (χ3n) is 4.39. The van der Waals surface area contributed by atoms with Gasteiger partial charge in [-0.15, -0.1) is 0 Å². The van der Waals surface area contributed by atoms with Crippen molar-refractivity contribution in [1.82, 2.24) is 5.32 Å². The first-order valence-corrected chi connectivity index (χ1v) is 11.5. The number of sulfonamides is 1. The lowest BCUT2D eigenvalue weighted by Crippen LogP contribution is -2.48. The Morgan fingerprint density at radius 3 is 2.11 bits per heavy atom. The van der Waals surface area contributed by atoms with Crippen LogP contribution in [0.25, 0.3) is 0 Å². The van der Waals surface area contributed by atoms with Crippen molar-refractivity contribution < 1.29 is 13.2 Å². The van der Waals surface area contributed by atoms with Gasteiger partial charge in [0.05, 0.1) is 18.0 Å². The lowest BCUT2D eigenvalue weighted by Gasteiger charge is -2.30. The first kappa shape index (κ1) is 22.5. The second kappa shape index (κ2) is 9.16. The van der Waals surface area contributed by atoms with Gasteiger partial charge in [-0.3, -0.25) is 9.10 Å². The maximum atomic E-state index is 12.9. The monoisotopic (exact) mass is 442 g/mol. The predicted molar refractivity (Wildman–Crippen MR) is 116 cm³/mol. The molecule has 0 unspecified atom stereocenters. The lowest BCUT2D eigenvalue weighted by molar-refractivity contribution is -0.122. The maximum Gasteiger partial charge on any atom is 0.244 e. The van der Waals surface area contributed by atoms with E-state index in [1.54, 1.807) is 0 Å². The Hall–Kier alpha value is -1.76. The molecule has 28 heavy (non-hydrogen) atoms. The van der Waals surface area contributed by atoms with E-state index in [4.69, 9.17) is 23.2 Å². The van der Waals surface area contributed by atoms with Gasteiger partial charge in [0, 0.05) is 10.0 Å². The molecule has 2 rings (SSSR count). The minimum atomic E-state index is -3.75. The van der Waals surface area contributed by atoms with Gasteiger partial charge in [0.2, 0.25) is 15.9 Å². The number of carbonyl (C=O) groups is 1. The number of nitrogens with zero attached hydrogens (tertiary/aromatic N) is 1. The Labute approximate surface area is 176 Å². The molecule has 0 spiro atoms. The number of amides is 1. The van der Waals surface area contributed by atoms with E-state index in [-0.39, 0.29) is 21.8 Å². The second-order valence-corrected chi connectivity index (χ2v) is 9.47. The zero-order chi connectivity index (χ0) is 21.1. The number of benzene rings is 2. The van der Waals surface area contributed by atoms with Crippen molar-refractivity contribution in [3.05, 3.63) is 63.6 Å². The molecule has 2 aromatic rings. The molecule has 0 fully saturated rings. The average Bonchev–Trinajstić information content (AvgIpc) is 2.58. The van der Waals surface area contributed by atoms with Gasteiger partial charge in [-0.05, 0) is 44.0 Å². The fraction of sp³-hybridized carbons (Fsp3) is 0.350. The summed E-state index contributed by atoms with van der Waals surface area (Å²) in [5.74, 6) is -0.408. The normalized spacial score (nSPS) is 13.6. The zero-order valence-electron chi connectivity index (χ0n) is 16.2. The number of anilines is 1. The molecule has 0 aliphatic heterocycles. The number of nitrogens with one attached hydrogen (secondary N) is 1. The van der Waals surface area contributed by atoms with Crippen molar-refractivity contribution in [2.24, 2.45) is 0 Å². The van der Waals surface area contributed by atoms with Gasteiger partial charge >= 0.3 is 0 Å². The van der Waals surface area contributed by atoms with Gasteiger partial charge in [0.1, 0.15) is 6.04 Å². The van der Waals surface area contributed by atoms with E-state index < -0.39 is 22.0 Å². The van der Waals surface area contributed by atoms with Crippen LogP contribution in [0.15, 0.2) is 42.5 Å². The minimum Gasteiger partial charge on any atom is -0.347 e. The molecule has 1 amide bonds. The van der Waals surface area contributed by atoms with Crippen molar-refractivity contribution in [3.8, 4) is 0 Å². The second-order valence-electron chi connectivity index (χ2n) is 6.74. The summed E-state index contributed by atoms with van der Waals surface area (Å²) in [5.41, 5.74) is 2.33. The highest BCUT2D eigenvalue weighted by Gasteiger charge is 2.30. The maximum absolute atomic E-state index is 12.9. The van der Waals surface area contributed by atoms with E-state index in [1.165, 1.54) is 25.1 Å². The molecule has 0 heterocycles.